The molecule has 1 heterocycles. The molecule has 3 nitrogen and oxygen atoms in total. The van der Waals surface area contributed by atoms with Gasteiger partial charge in [0.2, 0.25) is 0 Å². The molecular formula is C14H16O3. The summed E-state index contributed by atoms with van der Waals surface area (Å²) in [5.41, 5.74) is 2.42. The average molecular weight is 232 g/mol. The number of hydrogen-bond donors (Lipinski definition) is 0. The number of Topliss-reactive ketones (excluding diaryl/α,β-unsaturated/α-hetero) is 1. The van der Waals surface area contributed by atoms with Gasteiger partial charge in [-0.05, 0) is 31.4 Å². The molecule has 17 heavy (non-hydrogen) atoms. The Bertz CT molecular complexity index is 461. The highest BCUT2D eigenvalue weighted by Crippen LogP contribution is 2.23. The van der Waals surface area contributed by atoms with Crippen LogP contribution in [0.25, 0.3) is 0 Å². The third kappa shape index (κ3) is 2.49. The zero-order valence-electron chi connectivity index (χ0n) is 10.2. The summed E-state index contributed by atoms with van der Waals surface area (Å²) in [5.74, 6) is 0.774. The van der Waals surface area contributed by atoms with Crippen LogP contribution in [0.1, 0.15) is 28.8 Å². The van der Waals surface area contributed by atoms with E-state index in [1.165, 1.54) is 0 Å². The third-order valence-corrected chi connectivity index (χ3v) is 2.90. The maximum Gasteiger partial charge on any atom is 0.192 e. The fourth-order valence-corrected chi connectivity index (χ4v) is 1.88. The summed E-state index contributed by atoms with van der Waals surface area (Å²) in [6.45, 7) is 2.66. The molecule has 1 aromatic carbocycles. The van der Waals surface area contributed by atoms with Crippen molar-refractivity contribution in [3.8, 4) is 5.75 Å². The van der Waals surface area contributed by atoms with Crippen LogP contribution in [-0.4, -0.2) is 19.5 Å². The molecule has 3 heteroatoms. The molecule has 0 aliphatic carbocycles. The number of allylic oxidation sites excluding steroid dienone is 1. The molecule has 1 aromatic rings. The number of carbonyl (C=O) groups is 1. The Morgan fingerprint density at radius 1 is 1.41 bits per heavy atom. The Kier molecular flexibility index (Phi) is 3.47. The summed E-state index contributed by atoms with van der Waals surface area (Å²) >= 11 is 0. The Balaban J connectivity index is 2.27. The van der Waals surface area contributed by atoms with E-state index < -0.39 is 0 Å². The van der Waals surface area contributed by atoms with Gasteiger partial charge in [0.25, 0.3) is 0 Å². The van der Waals surface area contributed by atoms with E-state index in [0.29, 0.717) is 12.2 Å². The van der Waals surface area contributed by atoms with Crippen molar-refractivity contribution in [2.24, 2.45) is 0 Å². The molecule has 2 rings (SSSR count). The molecule has 0 saturated carbocycles. The molecule has 0 amide bonds. The van der Waals surface area contributed by atoms with Gasteiger partial charge in [0.1, 0.15) is 5.75 Å². The number of benzene rings is 1. The van der Waals surface area contributed by atoms with E-state index in [9.17, 15) is 4.79 Å². The molecule has 0 unspecified atom stereocenters. The summed E-state index contributed by atoms with van der Waals surface area (Å²) in [5, 5.41) is 0. The SMILES string of the molecule is COc1cc(C(=O)C2=COCCC2)ccc1C. The summed E-state index contributed by atoms with van der Waals surface area (Å²) in [6.07, 6.45) is 3.27. The fraction of sp³-hybridized carbons (Fsp3) is 0.357. The number of carbonyl (C=O) groups excluding carboxylic acids is 1. The van der Waals surface area contributed by atoms with Crippen LogP contribution in [0, 0.1) is 6.92 Å². The van der Waals surface area contributed by atoms with Crippen LogP contribution in [0.15, 0.2) is 30.0 Å². The van der Waals surface area contributed by atoms with Gasteiger partial charge >= 0.3 is 0 Å². The van der Waals surface area contributed by atoms with Gasteiger partial charge < -0.3 is 9.47 Å². The summed E-state index contributed by atoms with van der Waals surface area (Å²) in [4.78, 5) is 12.2. The first-order valence-electron chi connectivity index (χ1n) is 5.72. The molecule has 0 spiro atoms. The molecule has 0 atom stereocenters. The second kappa shape index (κ2) is 5.04. The van der Waals surface area contributed by atoms with Crippen LogP contribution in [0.2, 0.25) is 0 Å². The minimum Gasteiger partial charge on any atom is -0.501 e. The number of hydrogen-bond acceptors (Lipinski definition) is 3. The van der Waals surface area contributed by atoms with Gasteiger partial charge in [0, 0.05) is 11.1 Å². The van der Waals surface area contributed by atoms with Crippen molar-refractivity contribution < 1.29 is 14.3 Å². The number of methoxy groups -OCH3 is 1. The molecule has 0 saturated heterocycles. The van der Waals surface area contributed by atoms with Gasteiger partial charge in [0.15, 0.2) is 5.78 Å². The van der Waals surface area contributed by atoms with Gasteiger partial charge in [-0.15, -0.1) is 0 Å². The highest BCUT2D eigenvalue weighted by atomic mass is 16.5. The van der Waals surface area contributed by atoms with E-state index in [0.717, 1.165) is 29.7 Å². The first kappa shape index (κ1) is 11.7. The minimum absolute atomic E-state index is 0.0306. The minimum atomic E-state index is 0.0306. The van der Waals surface area contributed by atoms with Crippen LogP contribution >= 0.6 is 0 Å². The topological polar surface area (TPSA) is 35.5 Å². The van der Waals surface area contributed by atoms with Gasteiger partial charge in [-0.2, -0.15) is 0 Å². The maximum absolute atomic E-state index is 12.2. The number of ketones is 1. The first-order chi connectivity index (χ1) is 8.22. The normalized spacial score (nSPS) is 14.8. The maximum atomic E-state index is 12.2. The van der Waals surface area contributed by atoms with Crippen molar-refractivity contribution in [3.05, 3.63) is 41.2 Å². The molecule has 0 bridgehead atoms. The lowest BCUT2D eigenvalue weighted by Gasteiger charge is -2.13. The largest absolute Gasteiger partial charge is 0.501 e. The van der Waals surface area contributed by atoms with Crippen molar-refractivity contribution in [1.29, 1.82) is 0 Å². The monoisotopic (exact) mass is 232 g/mol. The van der Waals surface area contributed by atoms with E-state index in [4.69, 9.17) is 9.47 Å². The molecule has 90 valence electrons. The second-order valence-corrected chi connectivity index (χ2v) is 4.13. The first-order valence-corrected chi connectivity index (χ1v) is 5.72. The van der Waals surface area contributed by atoms with Gasteiger partial charge in [-0.1, -0.05) is 12.1 Å². The zero-order chi connectivity index (χ0) is 12.3. The molecule has 0 radical (unpaired) electrons. The predicted molar refractivity (Wildman–Crippen MR) is 65.3 cm³/mol. The standard InChI is InChI=1S/C14H16O3/c1-10-5-6-11(8-13(10)16-2)14(15)12-4-3-7-17-9-12/h5-6,8-9H,3-4,7H2,1-2H3. The van der Waals surface area contributed by atoms with E-state index in [-0.39, 0.29) is 5.78 Å². The average Bonchev–Trinajstić information content (AvgIpc) is 2.39. The molecule has 1 aliphatic heterocycles. The summed E-state index contributed by atoms with van der Waals surface area (Å²) in [6, 6.07) is 5.51. The van der Waals surface area contributed by atoms with Crippen molar-refractivity contribution in [1.82, 2.24) is 0 Å². The van der Waals surface area contributed by atoms with E-state index in [1.807, 2.05) is 19.1 Å². The van der Waals surface area contributed by atoms with E-state index >= 15 is 0 Å². The molecule has 1 aliphatic rings. The Hall–Kier alpha value is -1.77. The van der Waals surface area contributed by atoms with Crippen molar-refractivity contribution in [3.63, 3.8) is 0 Å². The quantitative estimate of drug-likeness (QED) is 0.752. The molecule has 0 N–H and O–H groups in total. The van der Waals surface area contributed by atoms with Crippen LogP contribution in [0.5, 0.6) is 5.75 Å². The molecular weight excluding hydrogens is 216 g/mol. The fourth-order valence-electron chi connectivity index (χ4n) is 1.88. The Morgan fingerprint density at radius 2 is 2.24 bits per heavy atom. The van der Waals surface area contributed by atoms with Crippen molar-refractivity contribution in [2.45, 2.75) is 19.8 Å². The van der Waals surface area contributed by atoms with Crippen LogP contribution in [0.3, 0.4) is 0 Å². The second-order valence-electron chi connectivity index (χ2n) is 4.13. The summed E-state index contributed by atoms with van der Waals surface area (Å²) in [7, 11) is 1.61. The Labute approximate surface area is 101 Å². The van der Waals surface area contributed by atoms with Crippen LogP contribution in [0.4, 0.5) is 0 Å². The smallest absolute Gasteiger partial charge is 0.192 e. The number of rotatable bonds is 3. The number of aryl methyl sites for hydroxylation is 1. The predicted octanol–water partition coefficient (Wildman–Crippen LogP) is 2.88. The van der Waals surface area contributed by atoms with E-state index in [1.54, 1.807) is 19.4 Å². The molecule has 0 aromatic heterocycles. The van der Waals surface area contributed by atoms with E-state index in [2.05, 4.69) is 0 Å². The van der Waals surface area contributed by atoms with Gasteiger partial charge in [-0.25, -0.2) is 0 Å². The van der Waals surface area contributed by atoms with Gasteiger partial charge in [0.05, 0.1) is 20.0 Å². The lowest BCUT2D eigenvalue weighted by Crippen LogP contribution is -2.09. The lowest BCUT2D eigenvalue weighted by atomic mass is 9.98. The number of ether oxygens (including phenoxy) is 2. The Morgan fingerprint density at radius 3 is 2.88 bits per heavy atom. The summed E-state index contributed by atoms with van der Waals surface area (Å²) < 4.78 is 10.4. The van der Waals surface area contributed by atoms with Crippen LogP contribution < -0.4 is 4.74 Å². The van der Waals surface area contributed by atoms with Crippen molar-refractivity contribution >= 4 is 5.78 Å². The van der Waals surface area contributed by atoms with Crippen LogP contribution in [-0.2, 0) is 4.74 Å². The lowest BCUT2D eigenvalue weighted by molar-refractivity contribution is 0.101. The highest BCUT2D eigenvalue weighted by Gasteiger charge is 2.16. The third-order valence-electron chi connectivity index (χ3n) is 2.90. The highest BCUT2D eigenvalue weighted by molar-refractivity contribution is 6.08. The van der Waals surface area contributed by atoms with Gasteiger partial charge in [-0.3, -0.25) is 4.79 Å². The van der Waals surface area contributed by atoms with Crippen molar-refractivity contribution in [2.75, 3.05) is 13.7 Å². The zero-order valence-corrected chi connectivity index (χ0v) is 10.2. The molecule has 0 fully saturated rings.